The fourth-order valence-corrected chi connectivity index (χ4v) is 2.80. The highest BCUT2D eigenvalue weighted by molar-refractivity contribution is 7.88. The van der Waals surface area contributed by atoms with Gasteiger partial charge in [-0.2, -0.15) is 5.10 Å². The number of hydrogen-bond acceptors (Lipinski definition) is 5. The van der Waals surface area contributed by atoms with Gasteiger partial charge in [-0.1, -0.05) is 12.1 Å². The predicted molar refractivity (Wildman–Crippen MR) is 75.8 cm³/mol. The first-order chi connectivity index (χ1) is 10.00. The minimum Gasteiger partial charge on any atom is -0.465 e. The molecule has 2 rings (SSSR count). The Labute approximate surface area is 122 Å². The van der Waals surface area contributed by atoms with Gasteiger partial charge in [-0.05, 0) is 23.8 Å². The number of sulfonamides is 1. The van der Waals surface area contributed by atoms with Crippen LogP contribution in [0.2, 0.25) is 0 Å². The Hall–Kier alpha value is -2.19. The van der Waals surface area contributed by atoms with Gasteiger partial charge in [0.25, 0.3) is 0 Å². The molecule has 2 aromatic rings. The molecule has 2 N–H and O–H groups in total. The number of nitrogens with zero attached hydrogens (tertiary/aromatic N) is 1. The first kappa shape index (κ1) is 15.2. The molecule has 112 valence electrons. The molecule has 0 radical (unpaired) electrons. The SMILES string of the molecule is COC(=O)c1ccc(CS(=O)(=O)NCc2ccn[nH]2)cc1. The van der Waals surface area contributed by atoms with E-state index in [2.05, 4.69) is 19.7 Å². The molecule has 1 aromatic heterocycles. The molecular weight excluding hydrogens is 294 g/mol. The van der Waals surface area contributed by atoms with E-state index in [0.29, 0.717) is 16.8 Å². The van der Waals surface area contributed by atoms with Gasteiger partial charge in [0.05, 0.1) is 30.7 Å². The molecule has 0 spiro atoms. The zero-order valence-corrected chi connectivity index (χ0v) is 12.2. The molecule has 0 amide bonds. The summed E-state index contributed by atoms with van der Waals surface area (Å²) in [6.07, 6.45) is 1.55. The summed E-state index contributed by atoms with van der Waals surface area (Å²) < 4.78 is 30.9. The lowest BCUT2D eigenvalue weighted by Crippen LogP contribution is -2.24. The second-order valence-corrected chi connectivity index (χ2v) is 6.16. The van der Waals surface area contributed by atoms with Crippen molar-refractivity contribution >= 4 is 16.0 Å². The van der Waals surface area contributed by atoms with E-state index in [1.807, 2.05) is 0 Å². The van der Waals surface area contributed by atoms with Crippen molar-refractivity contribution in [2.24, 2.45) is 0 Å². The van der Waals surface area contributed by atoms with E-state index in [1.54, 1.807) is 24.4 Å². The third-order valence-corrected chi connectivity index (χ3v) is 4.07. The van der Waals surface area contributed by atoms with Crippen LogP contribution in [0, 0.1) is 0 Å². The quantitative estimate of drug-likeness (QED) is 0.769. The maximum absolute atomic E-state index is 11.9. The molecule has 1 aromatic carbocycles. The Morgan fingerprint density at radius 2 is 2.00 bits per heavy atom. The standard InChI is InChI=1S/C13H15N3O4S/c1-20-13(17)11-4-2-10(3-5-11)9-21(18,19)15-8-12-6-7-14-16-12/h2-7,15H,8-9H2,1H3,(H,14,16). The van der Waals surface area contributed by atoms with E-state index in [4.69, 9.17) is 0 Å². The fraction of sp³-hybridized carbons (Fsp3) is 0.231. The van der Waals surface area contributed by atoms with Crippen LogP contribution in [-0.4, -0.2) is 31.7 Å². The number of aromatic nitrogens is 2. The Morgan fingerprint density at radius 1 is 1.29 bits per heavy atom. The van der Waals surface area contributed by atoms with Crippen LogP contribution in [-0.2, 0) is 27.1 Å². The second-order valence-electron chi connectivity index (χ2n) is 4.35. The van der Waals surface area contributed by atoms with Gasteiger partial charge >= 0.3 is 5.97 Å². The summed E-state index contributed by atoms with van der Waals surface area (Å²) >= 11 is 0. The summed E-state index contributed by atoms with van der Waals surface area (Å²) in [5, 5.41) is 6.41. The topological polar surface area (TPSA) is 101 Å². The van der Waals surface area contributed by atoms with Crippen molar-refractivity contribution < 1.29 is 17.9 Å². The van der Waals surface area contributed by atoms with Crippen LogP contribution in [0.25, 0.3) is 0 Å². The number of carbonyl (C=O) groups is 1. The number of hydrogen-bond donors (Lipinski definition) is 2. The lowest BCUT2D eigenvalue weighted by Gasteiger charge is -2.06. The molecule has 0 fully saturated rings. The zero-order valence-electron chi connectivity index (χ0n) is 11.4. The summed E-state index contributed by atoms with van der Waals surface area (Å²) in [5.74, 6) is -0.621. The molecule has 7 nitrogen and oxygen atoms in total. The van der Waals surface area contributed by atoms with E-state index < -0.39 is 16.0 Å². The van der Waals surface area contributed by atoms with Crippen molar-refractivity contribution in [2.45, 2.75) is 12.3 Å². The lowest BCUT2D eigenvalue weighted by atomic mass is 10.1. The van der Waals surface area contributed by atoms with Crippen LogP contribution in [0.4, 0.5) is 0 Å². The van der Waals surface area contributed by atoms with E-state index in [-0.39, 0.29) is 12.3 Å². The molecular formula is C13H15N3O4S. The molecule has 8 heteroatoms. The highest BCUT2D eigenvalue weighted by atomic mass is 32.2. The van der Waals surface area contributed by atoms with Crippen molar-refractivity contribution in [3.8, 4) is 0 Å². The van der Waals surface area contributed by atoms with Gasteiger partial charge in [0, 0.05) is 6.20 Å². The number of nitrogens with one attached hydrogen (secondary N) is 2. The summed E-state index contributed by atoms with van der Waals surface area (Å²) in [6.45, 7) is 0.155. The normalized spacial score (nSPS) is 11.3. The summed E-state index contributed by atoms with van der Waals surface area (Å²) in [6, 6.07) is 7.92. The van der Waals surface area contributed by atoms with E-state index in [9.17, 15) is 13.2 Å². The van der Waals surface area contributed by atoms with E-state index in [1.165, 1.54) is 19.2 Å². The van der Waals surface area contributed by atoms with Gasteiger partial charge < -0.3 is 4.74 Å². The number of carbonyl (C=O) groups excluding carboxylic acids is 1. The van der Waals surface area contributed by atoms with Crippen LogP contribution in [0.1, 0.15) is 21.6 Å². The number of aromatic amines is 1. The van der Waals surface area contributed by atoms with Crippen LogP contribution in [0.5, 0.6) is 0 Å². The molecule has 0 aliphatic heterocycles. The number of ether oxygens (including phenoxy) is 1. The molecule has 0 aliphatic rings. The Kier molecular flexibility index (Phi) is 4.71. The molecule has 0 saturated heterocycles. The third-order valence-electron chi connectivity index (χ3n) is 2.77. The van der Waals surface area contributed by atoms with Gasteiger partial charge in [0.15, 0.2) is 0 Å². The summed E-state index contributed by atoms with van der Waals surface area (Å²) in [4.78, 5) is 11.3. The van der Waals surface area contributed by atoms with Crippen molar-refractivity contribution in [3.63, 3.8) is 0 Å². The van der Waals surface area contributed by atoms with Crippen molar-refractivity contribution in [1.29, 1.82) is 0 Å². The Balaban J connectivity index is 1.98. The highest BCUT2D eigenvalue weighted by Gasteiger charge is 2.12. The van der Waals surface area contributed by atoms with Crippen LogP contribution in [0.3, 0.4) is 0 Å². The average molecular weight is 309 g/mol. The first-order valence-electron chi connectivity index (χ1n) is 6.13. The minimum absolute atomic E-state index is 0.155. The number of esters is 1. The lowest BCUT2D eigenvalue weighted by molar-refractivity contribution is 0.0600. The Bertz CT molecular complexity index is 694. The molecule has 21 heavy (non-hydrogen) atoms. The fourth-order valence-electron chi connectivity index (χ4n) is 1.70. The highest BCUT2D eigenvalue weighted by Crippen LogP contribution is 2.09. The first-order valence-corrected chi connectivity index (χ1v) is 7.78. The number of methoxy groups -OCH3 is 1. The van der Waals surface area contributed by atoms with Crippen molar-refractivity contribution in [3.05, 3.63) is 53.3 Å². The molecule has 0 atom stereocenters. The van der Waals surface area contributed by atoms with Crippen molar-refractivity contribution in [1.82, 2.24) is 14.9 Å². The predicted octanol–water partition coefficient (Wildman–Crippen LogP) is 0.816. The molecule has 0 saturated carbocycles. The average Bonchev–Trinajstić information content (AvgIpc) is 2.98. The van der Waals surface area contributed by atoms with E-state index >= 15 is 0 Å². The van der Waals surface area contributed by atoms with Crippen LogP contribution < -0.4 is 4.72 Å². The summed E-state index contributed by atoms with van der Waals surface area (Å²) in [7, 11) is -2.17. The van der Waals surface area contributed by atoms with Crippen LogP contribution in [0.15, 0.2) is 36.5 Å². The molecule has 0 unspecified atom stereocenters. The number of H-pyrrole nitrogens is 1. The zero-order chi connectivity index (χ0) is 15.3. The van der Waals surface area contributed by atoms with Crippen molar-refractivity contribution in [2.75, 3.05) is 7.11 Å². The number of benzene rings is 1. The minimum atomic E-state index is -3.46. The maximum atomic E-state index is 11.9. The van der Waals surface area contributed by atoms with Gasteiger partial charge in [0.1, 0.15) is 0 Å². The monoisotopic (exact) mass is 309 g/mol. The number of rotatable bonds is 6. The molecule has 1 heterocycles. The maximum Gasteiger partial charge on any atom is 0.337 e. The van der Waals surface area contributed by atoms with Gasteiger partial charge in [-0.15, -0.1) is 0 Å². The van der Waals surface area contributed by atoms with Crippen LogP contribution >= 0.6 is 0 Å². The van der Waals surface area contributed by atoms with Gasteiger partial charge in [-0.25, -0.2) is 17.9 Å². The van der Waals surface area contributed by atoms with Gasteiger partial charge in [-0.3, -0.25) is 5.10 Å². The Morgan fingerprint density at radius 3 is 2.57 bits per heavy atom. The van der Waals surface area contributed by atoms with Gasteiger partial charge in [0.2, 0.25) is 10.0 Å². The largest absolute Gasteiger partial charge is 0.465 e. The van der Waals surface area contributed by atoms with E-state index in [0.717, 1.165) is 0 Å². The second kappa shape index (κ2) is 6.51. The molecule has 0 aliphatic carbocycles. The smallest absolute Gasteiger partial charge is 0.337 e. The third kappa shape index (κ3) is 4.40. The molecule has 0 bridgehead atoms. The summed E-state index contributed by atoms with van der Waals surface area (Å²) in [5.41, 5.74) is 1.64.